The van der Waals surface area contributed by atoms with Gasteiger partial charge in [0.05, 0.1) is 13.2 Å². The van der Waals surface area contributed by atoms with Gasteiger partial charge in [0.25, 0.3) is 0 Å². The highest BCUT2D eigenvalue weighted by molar-refractivity contribution is 5.93. The second-order valence-electron chi connectivity index (χ2n) is 21.5. The van der Waals surface area contributed by atoms with E-state index in [-0.39, 0.29) is 11.9 Å². The van der Waals surface area contributed by atoms with Crippen LogP contribution in [0.1, 0.15) is 348 Å². The Morgan fingerprint density at radius 1 is 0.254 bits per heavy atom. The van der Waals surface area contributed by atoms with Gasteiger partial charge in [-0.25, -0.2) is 9.59 Å². The Hall–Kier alpha value is -2.32. The molecule has 0 aromatic carbocycles. The molecule has 0 rings (SSSR count). The van der Waals surface area contributed by atoms with Gasteiger partial charge >= 0.3 is 24.0 Å². The number of hydrogen-bond donors (Lipinski definition) is 3. The molecule has 0 fully saturated rings. The standard InChI is InChI=1S/C62H121N3O6/c1-3-5-7-9-11-13-15-17-19-21-23-25-33-39-45-51-57-70-59(66)53-47-41-35-29-27-31-37-43-49-55-63-61(68)65-62(69)64-56-50-44-38-32-28-30-36-42-48-54-60(67)71-58-52-46-40-34-26-24-22-20-18-16-14-12-10-8-6-4-2/h3-58H2,1-2H3,(H3,63,64,65,68,69). The van der Waals surface area contributed by atoms with Gasteiger partial charge in [-0.05, 0) is 38.5 Å². The van der Waals surface area contributed by atoms with Crippen molar-refractivity contribution in [3.05, 3.63) is 0 Å². The molecule has 0 spiro atoms. The second-order valence-corrected chi connectivity index (χ2v) is 21.5. The molecule has 0 radical (unpaired) electrons. The van der Waals surface area contributed by atoms with Gasteiger partial charge in [-0.1, -0.05) is 296 Å². The molecule has 3 N–H and O–H groups in total. The summed E-state index contributed by atoms with van der Waals surface area (Å²) in [5.74, 6) is -0.0611. The van der Waals surface area contributed by atoms with E-state index in [1.54, 1.807) is 0 Å². The maximum atomic E-state index is 12.1. The van der Waals surface area contributed by atoms with E-state index in [0.29, 0.717) is 39.1 Å². The van der Waals surface area contributed by atoms with Crippen molar-refractivity contribution < 1.29 is 28.7 Å². The minimum Gasteiger partial charge on any atom is -0.466 e. The minimum atomic E-state index is -0.436. The van der Waals surface area contributed by atoms with Crippen LogP contribution in [0.3, 0.4) is 0 Å². The Kier molecular flexibility index (Phi) is 58.3. The van der Waals surface area contributed by atoms with Gasteiger partial charge < -0.3 is 20.1 Å². The fourth-order valence-corrected chi connectivity index (χ4v) is 9.68. The first-order chi connectivity index (χ1) is 35.0. The molecule has 9 heteroatoms. The molecular weight excluding hydrogens is 883 g/mol. The molecule has 0 aliphatic carbocycles. The molecule has 0 saturated heterocycles. The molecule has 0 heterocycles. The second kappa shape index (κ2) is 60.2. The molecule has 0 aromatic rings. The van der Waals surface area contributed by atoms with Crippen molar-refractivity contribution in [3.8, 4) is 0 Å². The molecule has 0 atom stereocenters. The SMILES string of the molecule is CCCCCCCCCCCCCCCCCCOC(=O)CCCCCCCCCCCNC(=O)NC(=O)NCCCCCCCCCCCC(=O)OCCCCCCCCCCCCCCCCCC. The summed E-state index contributed by atoms with van der Waals surface area (Å²) in [4.78, 5) is 48.3. The lowest BCUT2D eigenvalue weighted by molar-refractivity contribution is -0.144. The van der Waals surface area contributed by atoms with Gasteiger partial charge in [-0.3, -0.25) is 14.9 Å². The topological polar surface area (TPSA) is 123 Å². The van der Waals surface area contributed by atoms with Crippen LogP contribution in [0.15, 0.2) is 0 Å². The van der Waals surface area contributed by atoms with Crippen molar-refractivity contribution in [2.24, 2.45) is 0 Å². The van der Waals surface area contributed by atoms with E-state index in [0.717, 1.165) is 77.0 Å². The van der Waals surface area contributed by atoms with Crippen LogP contribution in [0.4, 0.5) is 9.59 Å². The van der Waals surface area contributed by atoms with Gasteiger partial charge in [0.2, 0.25) is 0 Å². The molecule has 420 valence electrons. The molecule has 0 aliphatic rings. The summed E-state index contributed by atoms with van der Waals surface area (Å²) in [5.41, 5.74) is 0. The highest BCUT2D eigenvalue weighted by Gasteiger charge is 2.07. The van der Waals surface area contributed by atoms with Crippen molar-refractivity contribution in [2.45, 2.75) is 348 Å². The molecule has 0 bridgehead atoms. The monoisotopic (exact) mass is 1000 g/mol. The summed E-state index contributed by atoms with van der Waals surface area (Å²) in [6, 6.07) is -0.872. The summed E-state index contributed by atoms with van der Waals surface area (Å²) in [6.07, 6.45) is 64.0. The van der Waals surface area contributed by atoms with Crippen LogP contribution < -0.4 is 16.0 Å². The maximum Gasteiger partial charge on any atom is 0.322 e. The van der Waals surface area contributed by atoms with Crippen LogP contribution in [0.25, 0.3) is 0 Å². The van der Waals surface area contributed by atoms with Gasteiger partial charge in [-0.15, -0.1) is 0 Å². The Labute approximate surface area is 441 Å². The quantitative estimate of drug-likeness (QED) is 0.0412. The van der Waals surface area contributed by atoms with Crippen LogP contribution in [-0.2, 0) is 19.1 Å². The van der Waals surface area contributed by atoms with E-state index < -0.39 is 12.1 Å². The normalized spacial score (nSPS) is 11.2. The van der Waals surface area contributed by atoms with Crippen molar-refractivity contribution in [1.82, 2.24) is 16.0 Å². The molecule has 9 nitrogen and oxygen atoms in total. The lowest BCUT2D eigenvalue weighted by Crippen LogP contribution is -2.45. The third-order valence-electron chi connectivity index (χ3n) is 14.4. The number of imide groups is 1. The van der Waals surface area contributed by atoms with Gasteiger partial charge in [0.15, 0.2) is 0 Å². The minimum absolute atomic E-state index is 0.0305. The molecule has 0 saturated carbocycles. The van der Waals surface area contributed by atoms with Crippen LogP contribution in [0.5, 0.6) is 0 Å². The zero-order valence-electron chi connectivity index (χ0n) is 47.5. The molecule has 0 aromatic heterocycles. The number of ether oxygens (including phenoxy) is 2. The third kappa shape index (κ3) is 60.1. The number of unbranched alkanes of at least 4 members (excludes halogenated alkanes) is 46. The first-order valence-corrected chi connectivity index (χ1v) is 31.6. The number of rotatable bonds is 58. The third-order valence-corrected chi connectivity index (χ3v) is 14.4. The molecular formula is C62H121N3O6. The zero-order valence-corrected chi connectivity index (χ0v) is 47.5. The highest BCUT2D eigenvalue weighted by atomic mass is 16.5. The van der Waals surface area contributed by atoms with E-state index in [9.17, 15) is 19.2 Å². The van der Waals surface area contributed by atoms with Crippen LogP contribution in [-0.4, -0.2) is 50.3 Å². The number of carbonyl (C=O) groups excluding carboxylic acids is 4. The Morgan fingerprint density at radius 2 is 0.451 bits per heavy atom. The largest absolute Gasteiger partial charge is 0.466 e. The van der Waals surface area contributed by atoms with Crippen molar-refractivity contribution in [1.29, 1.82) is 0 Å². The number of carbonyl (C=O) groups is 4. The summed E-state index contributed by atoms with van der Waals surface area (Å²) in [5, 5.41) is 7.96. The number of hydrogen-bond acceptors (Lipinski definition) is 6. The average Bonchev–Trinajstić information content (AvgIpc) is 3.36. The van der Waals surface area contributed by atoms with Crippen LogP contribution in [0.2, 0.25) is 0 Å². The summed E-state index contributed by atoms with van der Waals surface area (Å²) >= 11 is 0. The van der Waals surface area contributed by atoms with E-state index >= 15 is 0 Å². The number of esters is 2. The van der Waals surface area contributed by atoms with Gasteiger partial charge in [0.1, 0.15) is 0 Å². The van der Waals surface area contributed by atoms with Gasteiger partial charge in [-0.2, -0.15) is 0 Å². The Balaban J connectivity index is 3.33. The summed E-state index contributed by atoms with van der Waals surface area (Å²) < 4.78 is 10.9. The zero-order chi connectivity index (χ0) is 51.4. The first kappa shape index (κ1) is 68.7. The summed E-state index contributed by atoms with van der Waals surface area (Å²) in [6.45, 7) is 6.87. The number of amides is 4. The number of nitrogens with one attached hydrogen (secondary N) is 3. The van der Waals surface area contributed by atoms with E-state index in [4.69, 9.17) is 9.47 Å². The number of urea groups is 2. The molecule has 71 heavy (non-hydrogen) atoms. The summed E-state index contributed by atoms with van der Waals surface area (Å²) in [7, 11) is 0. The van der Waals surface area contributed by atoms with Crippen molar-refractivity contribution in [2.75, 3.05) is 26.3 Å². The predicted octanol–water partition coefficient (Wildman–Crippen LogP) is 19.4. The van der Waals surface area contributed by atoms with E-state index in [2.05, 4.69) is 29.8 Å². The molecule has 0 aliphatic heterocycles. The maximum absolute atomic E-state index is 12.1. The predicted molar refractivity (Wildman–Crippen MR) is 303 cm³/mol. The highest BCUT2D eigenvalue weighted by Crippen LogP contribution is 2.17. The Morgan fingerprint density at radius 3 is 0.690 bits per heavy atom. The molecule has 4 amide bonds. The van der Waals surface area contributed by atoms with Crippen LogP contribution in [0, 0.1) is 0 Å². The molecule has 0 unspecified atom stereocenters. The van der Waals surface area contributed by atoms with Gasteiger partial charge in [0, 0.05) is 25.9 Å². The lowest BCUT2D eigenvalue weighted by atomic mass is 10.0. The van der Waals surface area contributed by atoms with Crippen molar-refractivity contribution in [3.63, 3.8) is 0 Å². The smallest absolute Gasteiger partial charge is 0.322 e. The lowest BCUT2D eigenvalue weighted by Gasteiger charge is -2.08. The van der Waals surface area contributed by atoms with E-state index in [1.165, 1.54) is 244 Å². The van der Waals surface area contributed by atoms with Crippen LogP contribution >= 0.6 is 0 Å². The fraction of sp³-hybridized carbons (Fsp3) is 0.935. The Bertz CT molecular complexity index is 1040. The average molecular weight is 1000 g/mol. The van der Waals surface area contributed by atoms with E-state index in [1.807, 2.05) is 0 Å². The van der Waals surface area contributed by atoms with Crippen molar-refractivity contribution >= 4 is 24.0 Å². The fourth-order valence-electron chi connectivity index (χ4n) is 9.68. The first-order valence-electron chi connectivity index (χ1n) is 31.6.